The molecule has 1 atom stereocenters. The van der Waals surface area contributed by atoms with Gasteiger partial charge in [0.25, 0.3) is 11.8 Å². The van der Waals surface area contributed by atoms with Gasteiger partial charge < -0.3 is 10.2 Å². The minimum atomic E-state index is -0.451. The quantitative estimate of drug-likeness (QED) is 0.837. The van der Waals surface area contributed by atoms with Crippen LogP contribution in [0.2, 0.25) is 0 Å². The van der Waals surface area contributed by atoms with E-state index in [1.807, 2.05) is 30.3 Å². The second kappa shape index (κ2) is 7.19. The van der Waals surface area contributed by atoms with E-state index in [2.05, 4.69) is 10.3 Å². The fourth-order valence-corrected chi connectivity index (χ4v) is 3.60. The number of pyridine rings is 1. The first-order valence-electron chi connectivity index (χ1n) is 9.03. The number of carbonyl (C=O) groups is 3. The number of amides is 3. The van der Waals surface area contributed by atoms with Crippen molar-refractivity contribution in [1.29, 1.82) is 0 Å². The lowest BCUT2D eigenvalue weighted by atomic mass is 10.1. The van der Waals surface area contributed by atoms with Crippen LogP contribution < -0.4 is 5.32 Å². The third-order valence-electron chi connectivity index (χ3n) is 4.98. The maximum absolute atomic E-state index is 12.7. The largest absolute Gasteiger partial charge is 0.381 e. The van der Waals surface area contributed by atoms with Crippen molar-refractivity contribution < 1.29 is 14.4 Å². The average molecular weight is 364 g/mol. The van der Waals surface area contributed by atoms with E-state index in [1.54, 1.807) is 4.90 Å². The van der Waals surface area contributed by atoms with Gasteiger partial charge in [-0.15, -0.1) is 0 Å². The van der Waals surface area contributed by atoms with Crippen LogP contribution in [-0.2, 0) is 4.79 Å². The molecule has 0 radical (unpaired) electrons. The van der Waals surface area contributed by atoms with Gasteiger partial charge in [-0.3, -0.25) is 24.3 Å². The molecule has 7 heteroatoms. The number of benzene rings is 1. The fourth-order valence-electron chi connectivity index (χ4n) is 3.60. The van der Waals surface area contributed by atoms with Crippen LogP contribution in [-0.4, -0.2) is 58.2 Å². The predicted molar refractivity (Wildman–Crippen MR) is 99.3 cm³/mol. The summed E-state index contributed by atoms with van der Waals surface area (Å²) in [5, 5.41) is 3.44. The minimum absolute atomic E-state index is 0.150. The molecular formula is C20H20N4O3. The number of hydrogen-bond acceptors (Lipinski definition) is 5. The van der Waals surface area contributed by atoms with Crippen LogP contribution in [0.3, 0.4) is 0 Å². The van der Waals surface area contributed by atoms with Crippen molar-refractivity contribution in [1.82, 2.24) is 14.8 Å². The Bertz CT molecular complexity index is 849. The van der Waals surface area contributed by atoms with Gasteiger partial charge in [0, 0.05) is 37.2 Å². The first kappa shape index (κ1) is 17.2. The number of rotatable bonds is 4. The van der Waals surface area contributed by atoms with Crippen molar-refractivity contribution in [2.24, 2.45) is 0 Å². The van der Waals surface area contributed by atoms with Crippen molar-refractivity contribution in [2.45, 2.75) is 18.9 Å². The van der Waals surface area contributed by atoms with Crippen molar-refractivity contribution in [3.05, 3.63) is 59.9 Å². The average Bonchev–Trinajstić information content (AvgIpc) is 2.94. The number of nitrogens with one attached hydrogen (secondary N) is 1. The zero-order valence-corrected chi connectivity index (χ0v) is 14.8. The number of para-hydroxylation sites is 1. The van der Waals surface area contributed by atoms with Crippen LogP contribution >= 0.6 is 0 Å². The van der Waals surface area contributed by atoms with Crippen LogP contribution in [0.4, 0.5) is 5.69 Å². The number of fused-ring (bicyclic) bond motifs is 1. The third kappa shape index (κ3) is 3.40. The van der Waals surface area contributed by atoms with Crippen LogP contribution in [0.25, 0.3) is 0 Å². The number of anilines is 1. The highest BCUT2D eigenvalue weighted by atomic mass is 16.2. The number of nitrogens with zero attached hydrogens (tertiary/aromatic N) is 3. The number of carbonyl (C=O) groups excluding carboxylic acids is 3. The maximum atomic E-state index is 12.7. The number of piperidine rings is 1. The van der Waals surface area contributed by atoms with Gasteiger partial charge in [-0.25, -0.2) is 0 Å². The highest BCUT2D eigenvalue weighted by molar-refractivity contribution is 6.22. The summed E-state index contributed by atoms with van der Waals surface area (Å²) in [6.07, 6.45) is 4.69. The van der Waals surface area contributed by atoms with E-state index in [9.17, 15) is 14.4 Å². The zero-order chi connectivity index (χ0) is 18.8. The molecule has 7 nitrogen and oxygen atoms in total. The number of hydrogen-bond donors (Lipinski definition) is 1. The molecule has 1 aromatic heterocycles. The molecule has 3 amide bonds. The van der Waals surface area contributed by atoms with Crippen molar-refractivity contribution in [2.75, 3.05) is 25.0 Å². The highest BCUT2D eigenvalue weighted by Gasteiger charge is 2.38. The normalized spacial score (nSPS) is 19.2. The van der Waals surface area contributed by atoms with Gasteiger partial charge in [0.15, 0.2) is 0 Å². The Labute approximate surface area is 157 Å². The van der Waals surface area contributed by atoms with Crippen LogP contribution in [0.15, 0.2) is 48.8 Å². The van der Waals surface area contributed by atoms with E-state index in [0.717, 1.165) is 23.4 Å². The van der Waals surface area contributed by atoms with Gasteiger partial charge in [0.2, 0.25) is 5.91 Å². The van der Waals surface area contributed by atoms with Gasteiger partial charge in [-0.2, -0.15) is 0 Å². The molecule has 1 fully saturated rings. The Balaban J connectivity index is 1.40. The Hall–Kier alpha value is -3.22. The van der Waals surface area contributed by atoms with Gasteiger partial charge in [0.05, 0.1) is 11.1 Å². The Morgan fingerprint density at radius 2 is 1.89 bits per heavy atom. The van der Waals surface area contributed by atoms with E-state index in [4.69, 9.17) is 0 Å². The van der Waals surface area contributed by atoms with Gasteiger partial charge in [0.1, 0.15) is 6.54 Å². The van der Waals surface area contributed by atoms with E-state index in [1.165, 1.54) is 18.5 Å². The molecule has 2 aliphatic rings. The van der Waals surface area contributed by atoms with E-state index in [-0.39, 0.29) is 24.1 Å². The van der Waals surface area contributed by atoms with Gasteiger partial charge in [-0.05, 0) is 31.0 Å². The monoisotopic (exact) mass is 364 g/mol. The second-order valence-corrected chi connectivity index (χ2v) is 6.81. The van der Waals surface area contributed by atoms with E-state index in [0.29, 0.717) is 18.7 Å². The van der Waals surface area contributed by atoms with Crippen molar-refractivity contribution in [3.63, 3.8) is 0 Å². The fraction of sp³-hybridized carbons (Fsp3) is 0.300. The van der Waals surface area contributed by atoms with Crippen LogP contribution in [0.5, 0.6) is 0 Å². The molecule has 138 valence electrons. The molecule has 0 spiro atoms. The molecule has 2 aromatic rings. The Kier molecular flexibility index (Phi) is 4.58. The van der Waals surface area contributed by atoms with Crippen LogP contribution in [0, 0.1) is 0 Å². The topological polar surface area (TPSA) is 82.6 Å². The predicted octanol–water partition coefficient (Wildman–Crippen LogP) is 1.78. The van der Waals surface area contributed by atoms with Crippen LogP contribution in [0.1, 0.15) is 33.6 Å². The summed E-state index contributed by atoms with van der Waals surface area (Å²) in [6.45, 7) is 0.958. The maximum Gasteiger partial charge on any atom is 0.263 e. The first-order valence-corrected chi connectivity index (χ1v) is 9.03. The van der Waals surface area contributed by atoms with Crippen molar-refractivity contribution >= 4 is 23.4 Å². The molecule has 0 saturated carbocycles. The number of imide groups is 1. The molecule has 1 unspecified atom stereocenters. The smallest absolute Gasteiger partial charge is 0.263 e. The zero-order valence-electron chi connectivity index (χ0n) is 14.8. The molecule has 0 aliphatic carbocycles. The second-order valence-electron chi connectivity index (χ2n) is 6.81. The molecular weight excluding hydrogens is 344 g/mol. The molecule has 4 rings (SSSR count). The van der Waals surface area contributed by atoms with E-state index >= 15 is 0 Å². The lowest BCUT2D eigenvalue weighted by molar-refractivity contribution is -0.132. The molecule has 27 heavy (non-hydrogen) atoms. The summed E-state index contributed by atoms with van der Waals surface area (Å²) in [6, 6.07) is 11.5. The lowest BCUT2D eigenvalue weighted by Gasteiger charge is -2.34. The molecule has 1 aromatic carbocycles. The van der Waals surface area contributed by atoms with Crippen molar-refractivity contribution in [3.8, 4) is 0 Å². The molecule has 2 aliphatic heterocycles. The summed E-state index contributed by atoms with van der Waals surface area (Å²) in [5.74, 6) is -1.09. The van der Waals surface area contributed by atoms with E-state index < -0.39 is 11.8 Å². The summed E-state index contributed by atoms with van der Waals surface area (Å²) < 4.78 is 0. The molecule has 0 bridgehead atoms. The number of aromatic nitrogens is 1. The number of likely N-dealkylation sites (tertiary alicyclic amines) is 1. The molecule has 1 N–H and O–H groups in total. The SMILES string of the molecule is O=C(CN1C(=O)c2ccncc2C1=O)N1CCCC(Nc2ccccc2)C1. The van der Waals surface area contributed by atoms with Gasteiger partial charge in [-0.1, -0.05) is 18.2 Å². The Morgan fingerprint density at radius 3 is 2.67 bits per heavy atom. The third-order valence-corrected chi connectivity index (χ3v) is 4.98. The van der Waals surface area contributed by atoms with Gasteiger partial charge >= 0.3 is 0 Å². The Morgan fingerprint density at radius 1 is 1.11 bits per heavy atom. The molecule has 3 heterocycles. The summed E-state index contributed by atoms with van der Waals surface area (Å²) in [4.78, 5) is 44.2. The lowest BCUT2D eigenvalue weighted by Crippen LogP contribution is -2.49. The summed E-state index contributed by atoms with van der Waals surface area (Å²) in [5.41, 5.74) is 1.59. The standard InChI is InChI=1S/C20H20N4O3/c25-18(13-24-19(26)16-8-9-21-11-17(16)20(24)27)23-10-4-7-15(12-23)22-14-5-2-1-3-6-14/h1-3,5-6,8-9,11,15,22H,4,7,10,12-13H2. The summed E-state index contributed by atoms with van der Waals surface area (Å²) >= 11 is 0. The first-order chi connectivity index (χ1) is 13.1. The minimum Gasteiger partial charge on any atom is -0.381 e. The summed E-state index contributed by atoms with van der Waals surface area (Å²) in [7, 11) is 0. The highest BCUT2D eigenvalue weighted by Crippen LogP contribution is 2.22. The molecule has 1 saturated heterocycles.